The van der Waals surface area contributed by atoms with Crippen LogP contribution in [0.5, 0.6) is 0 Å². The van der Waals surface area contributed by atoms with Crippen LogP contribution < -0.4 is 16.4 Å². The van der Waals surface area contributed by atoms with Crippen LogP contribution in [-0.4, -0.2) is 60.3 Å². The molecule has 1 aromatic carbocycles. The summed E-state index contributed by atoms with van der Waals surface area (Å²) in [4.78, 5) is 51.3. The Morgan fingerprint density at radius 1 is 1.19 bits per heavy atom. The van der Waals surface area contributed by atoms with Crippen molar-refractivity contribution in [1.82, 2.24) is 15.5 Å². The van der Waals surface area contributed by atoms with E-state index in [4.69, 9.17) is 11.1 Å². The van der Waals surface area contributed by atoms with Crippen LogP contribution in [-0.2, 0) is 14.3 Å². The molecule has 0 aliphatic carbocycles. The van der Waals surface area contributed by atoms with E-state index in [0.717, 1.165) is 0 Å². The van der Waals surface area contributed by atoms with E-state index in [1.165, 1.54) is 36.3 Å². The van der Waals surface area contributed by atoms with Crippen LogP contribution in [0.25, 0.3) is 0 Å². The highest BCUT2D eigenvalue weighted by molar-refractivity contribution is 6.07. The molecule has 1 aliphatic heterocycles. The zero-order valence-electron chi connectivity index (χ0n) is 18.3. The molecule has 0 radical (unpaired) electrons. The fourth-order valence-electron chi connectivity index (χ4n) is 3.47. The van der Waals surface area contributed by atoms with Gasteiger partial charge in [-0.2, -0.15) is 0 Å². The lowest BCUT2D eigenvalue weighted by atomic mass is 10.0. The first-order valence-corrected chi connectivity index (χ1v) is 10.1. The van der Waals surface area contributed by atoms with Gasteiger partial charge in [-0.05, 0) is 37.3 Å². The number of hydrogen-bond acceptors (Lipinski definition) is 6. The van der Waals surface area contributed by atoms with Gasteiger partial charge in [0.1, 0.15) is 17.9 Å². The van der Waals surface area contributed by atoms with Gasteiger partial charge in [-0.15, -0.1) is 12.4 Å². The molecule has 10 nitrogen and oxygen atoms in total. The number of methoxy groups -OCH3 is 1. The predicted octanol–water partition coefficient (Wildman–Crippen LogP) is 1.41. The van der Waals surface area contributed by atoms with E-state index in [-0.39, 0.29) is 35.6 Å². The standard InChI is InChI=1S/C21H29N5O5.ClH/c1-12(2)11-15(24-21(30)31-3)20(29)26-10-4-5-16(26)19(28)25-18(27)14-8-6-13(7-9-14)17(22)23;/h6-9,12,15-16H,4-5,10-11H2,1-3H3,(H3,22,23)(H,24,30)(H,25,27,28);1H/t15-,16+;/m1./s1. The Morgan fingerprint density at radius 2 is 1.78 bits per heavy atom. The first-order valence-electron chi connectivity index (χ1n) is 10.1. The molecule has 11 heteroatoms. The van der Waals surface area contributed by atoms with Crippen molar-refractivity contribution in [3.63, 3.8) is 0 Å². The highest BCUT2D eigenvalue weighted by Crippen LogP contribution is 2.20. The van der Waals surface area contributed by atoms with E-state index in [1.807, 2.05) is 13.8 Å². The number of amidine groups is 1. The molecular formula is C21H30ClN5O5. The third-order valence-corrected chi connectivity index (χ3v) is 5.02. The van der Waals surface area contributed by atoms with Crippen molar-refractivity contribution in [2.45, 2.75) is 45.2 Å². The van der Waals surface area contributed by atoms with Crippen LogP contribution in [0.1, 0.15) is 49.0 Å². The molecule has 0 bridgehead atoms. The topological polar surface area (TPSA) is 155 Å². The van der Waals surface area contributed by atoms with Gasteiger partial charge in [0.2, 0.25) is 11.8 Å². The summed E-state index contributed by atoms with van der Waals surface area (Å²) >= 11 is 0. The summed E-state index contributed by atoms with van der Waals surface area (Å²) in [6.45, 7) is 4.20. The Labute approximate surface area is 193 Å². The number of ether oxygens (including phenoxy) is 1. The van der Waals surface area contributed by atoms with Crippen LogP contribution in [0.4, 0.5) is 4.79 Å². The molecule has 1 saturated heterocycles. The molecule has 1 heterocycles. The zero-order chi connectivity index (χ0) is 23.1. The minimum absolute atomic E-state index is 0. The quantitative estimate of drug-likeness (QED) is 0.270. The van der Waals surface area contributed by atoms with Crippen LogP contribution >= 0.6 is 12.4 Å². The maximum absolute atomic E-state index is 13.1. The van der Waals surface area contributed by atoms with Crippen molar-refractivity contribution in [2.24, 2.45) is 11.7 Å². The molecule has 2 rings (SSSR count). The van der Waals surface area contributed by atoms with Crippen molar-refractivity contribution in [1.29, 1.82) is 5.41 Å². The van der Waals surface area contributed by atoms with Gasteiger partial charge >= 0.3 is 6.09 Å². The number of alkyl carbamates (subject to hydrolysis) is 1. The molecular weight excluding hydrogens is 438 g/mol. The molecule has 0 aromatic heterocycles. The van der Waals surface area contributed by atoms with Crippen molar-refractivity contribution < 1.29 is 23.9 Å². The van der Waals surface area contributed by atoms with Crippen LogP contribution in [0.15, 0.2) is 24.3 Å². The number of amides is 4. The zero-order valence-corrected chi connectivity index (χ0v) is 19.2. The van der Waals surface area contributed by atoms with Gasteiger partial charge in [0.15, 0.2) is 0 Å². The lowest BCUT2D eigenvalue weighted by molar-refractivity contribution is -0.139. The van der Waals surface area contributed by atoms with E-state index in [9.17, 15) is 19.2 Å². The summed E-state index contributed by atoms with van der Waals surface area (Å²) in [5.74, 6) is -1.56. The smallest absolute Gasteiger partial charge is 0.407 e. The molecule has 1 fully saturated rings. The normalized spacial score (nSPS) is 16.0. The second kappa shape index (κ2) is 12.0. The van der Waals surface area contributed by atoms with Gasteiger partial charge in [0.05, 0.1) is 7.11 Å². The van der Waals surface area contributed by atoms with E-state index in [1.54, 1.807) is 0 Å². The van der Waals surface area contributed by atoms with Gasteiger partial charge in [-0.1, -0.05) is 26.0 Å². The highest BCUT2D eigenvalue weighted by atomic mass is 35.5. The maximum Gasteiger partial charge on any atom is 0.407 e. The Morgan fingerprint density at radius 3 is 2.31 bits per heavy atom. The summed E-state index contributed by atoms with van der Waals surface area (Å²) in [5.41, 5.74) is 6.10. The first-order chi connectivity index (χ1) is 14.6. The fourth-order valence-corrected chi connectivity index (χ4v) is 3.47. The molecule has 5 N–H and O–H groups in total. The number of nitrogens with zero attached hydrogens (tertiary/aromatic N) is 1. The molecule has 4 amide bonds. The summed E-state index contributed by atoms with van der Waals surface area (Å²) in [5, 5.41) is 12.3. The van der Waals surface area contributed by atoms with Gasteiger partial charge in [0, 0.05) is 17.7 Å². The number of carbonyl (C=O) groups is 4. The Bertz CT molecular complexity index is 859. The molecule has 176 valence electrons. The average Bonchev–Trinajstić information content (AvgIpc) is 3.22. The second-order valence-electron chi connectivity index (χ2n) is 7.82. The predicted molar refractivity (Wildman–Crippen MR) is 121 cm³/mol. The van der Waals surface area contributed by atoms with Crippen LogP contribution in [0.3, 0.4) is 0 Å². The fraction of sp³-hybridized carbons (Fsp3) is 0.476. The summed E-state index contributed by atoms with van der Waals surface area (Å²) in [6.07, 6.45) is 0.696. The number of nitrogen functional groups attached to an aromatic ring is 1. The number of nitrogens with two attached hydrogens (primary N) is 1. The number of nitrogens with one attached hydrogen (secondary N) is 3. The van der Waals surface area contributed by atoms with Crippen molar-refractivity contribution in [3.8, 4) is 0 Å². The van der Waals surface area contributed by atoms with E-state index in [2.05, 4.69) is 15.4 Å². The molecule has 1 aliphatic rings. The number of likely N-dealkylation sites (tertiary alicyclic amines) is 1. The number of hydrogen-bond donors (Lipinski definition) is 4. The number of imide groups is 1. The molecule has 2 atom stereocenters. The molecule has 0 unspecified atom stereocenters. The van der Waals surface area contributed by atoms with Crippen molar-refractivity contribution >= 4 is 42.1 Å². The van der Waals surface area contributed by atoms with E-state index >= 15 is 0 Å². The number of rotatable bonds is 7. The third kappa shape index (κ3) is 6.94. The molecule has 0 spiro atoms. The van der Waals surface area contributed by atoms with Crippen molar-refractivity contribution in [2.75, 3.05) is 13.7 Å². The Balaban J connectivity index is 0.00000512. The molecule has 1 aromatic rings. The largest absolute Gasteiger partial charge is 0.453 e. The summed E-state index contributed by atoms with van der Waals surface area (Å²) < 4.78 is 4.61. The van der Waals surface area contributed by atoms with Crippen LogP contribution in [0.2, 0.25) is 0 Å². The summed E-state index contributed by atoms with van der Waals surface area (Å²) in [6, 6.07) is 4.34. The first kappa shape index (κ1) is 26.9. The second-order valence-corrected chi connectivity index (χ2v) is 7.82. The number of benzene rings is 1. The minimum Gasteiger partial charge on any atom is -0.453 e. The summed E-state index contributed by atoms with van der Waals surface area (Å²) in [7, 11) is 1.22. The van der Waals surface area contributed by atoms with E-state index < -0.39 is 30.0 Å². The van der Waals surface area contributed by atoms with E-state index in [0.29, 0.717) is 31.4 Å². The van der Waals surface area contributed by atoms with Gasteiger partial charge in [-0.3, -0.25) is 25.1 Å². The third-order valence-electron chi connectivity index (χ3n) is 5.02. The monoisotopic (exact) mass is 467 g/mol. The number of carbonyl (C=O) groups excluding carboxylic acids is 4. The van der Waals surface area contributed by atoms with Crippen molar-refractivity contribution in [3.05, 3.63) is 35.4 Å². The van der Waals surface area contributed by atoms with Gasteiger partial charge < -0.3 is 20.7 Å². The minimum atomic E-state index is -0.823. The average molecular weight is 468 g/mol. The molecule has 0 saturated carbocycles. The maximum atomic E-state index is 13.1. The highest BCUT2D eigenvalue weighted by Gasteiger charge is 2.38. The molecule has 32 heavy (non-hydrogen) atoms. The van der Waals surface area contributed by atoms with Gasteiger partial charge in [0.25, 0.3) is 5.91 Å². The lowest BCUT2D eigenvalue weighted by Gasteiger charge is -2.29. The Kier molecular flexibility index (Phi) is 10.1. The Hall–Kier alpha value is -3.14. The SMILES string of the molecule is COC(=O)N[C@H](CC(C)C)C(=O)N1CCC[C@H]1C(=O)NC(=O)c1ccc(C(=N)N)cc1.Cl. The van der Waals surface area contributed by atoms with Crippen LogP contribution in [0, 0.1) is 11.3 Å². The number of halogens is 1. The lowest BCUT2D eigenvalue weighted by Crippen LogP contribution is -2.54. The van der Waals surface area contributed by atoms with Gasteiger partial charge in [-0.25, -0.2) is 4.79 Å².